The smallest absolute Gasteiger partial charge is 0.337 e. The number of anilines is 1. The number of carbonyl (C=O) groups is 1. The molecule has 45 heavy (non-hydrogen) atoms. The second-order valence-electron chi connectivity index (χ2n) is 14.3. The maximum Gasteiger partial charge on any atom is 0.337 e. The summed E-state index contributed by atoms with van der Waals surface area (Å²) in [6.07, 6.45) is 1.38. The molecule has 0 radical (unpaired) electrons. The molecule has 0 saturated carbocycles. The number of benzene rings is 2. The number of piperidine rings is 1. The Kier molecular flexibility index (Phi) is 9.08. The van der Waals surface area contributed by atoms with Crippen LogP contribution < -0.4 is 4.90 Å². The highest BCUT2D eigenvalue weighted by molar-refractivity contribution is 5.88. The van der Waals surface area contributed by atoms with E-state index in [-0.39, 0.29) is 17.5 Å². The lowest BCUT2D eigenvalue weighted by Crippen LogP contribution is -2.39. The van der Waals surface area contributed by atoms with E-state index in [4.69, 9.17) is 9.72 Å². The first-order chi connectivity index (χ1) is 21.0. The molecule has 2 aliphatic rings. The van der Waals surface area contributed by atoms with Gasteiger partial charge in [-0.25, -0.2) is 18.0 Å². The van der Waals surface area contributed by atoms with Gasteiger partial charge < -0.3 is 14.7 Å². The molecule has 0 aliphatic carbocycles. The van der Waals surface area contributed by atoms with Gasteiger partial charge in [-0.2, -0.15) is 0 Å². The molecule has 2 aromatic carbocycles. The van der Waals surface area contributed by atoms with Crippen LogP contribution in [0.15, 0.2) is 30.3 Å². The van der Waals surface area contributed by atoms with E-state index in [9.17, 15) is 23.1 Å². The van der Waals surface area contributed by atoms with Crippen molar-refractivity contribution in [3.8, 4) is 11.1 Å². The van der Waals surface area contributed by atoms with E-state index in [0.717, 1.165) is 71.7 Å². The van der Waals surface area contributed by atoms with Crippen LogP contribution in [0.25, 0.3) is 11.1 Å². The third-order valence-corrected chi connectivity index (χ3v) is 9.08. The largest absolute Gasteiger partial charge is 0.479 e. The average Bonchev–Trinajstić information content (AvgIpc) is 2.95. The highest BCUT2D eigenvalue weighted by Crippen LogP contribution is 2.45. The lowest BCUT2D eigenvalue weighted by atomic mass is 9.81. The number of aliphatic carboxylic acids is 1. The van der Waals surface area contributed by atoms with Crippen LogP contribution in [0, 0.1) is 36.7 Å². The van der Waals surface area contributed by atoms with Crippen LogP contribution in [0.2, 0.25) is 0 Å². The zero-order valence-electron chi connectivity index (χ0n) is 27.4. The molecule has 0 amide bonds. The highest BCUT2D eigenvalue weighted by Gasteiger charge is 2.36. The number of hydrogen-bond donors (Lipinski definition) is 1. The SMILES string of the molecule is Cc1nc(C)c([C@H](OC(C)(C)C)C(=O)O)c(N2CCC(C)(C)CC2)c1-c1ccc2c(c1)CCN(Cc1c(F)ccc(F)c1F)C2. The van der Waals surface area contributed by atoms with Gasteiger partial charge in [-0.3, -0.25) is 9.88 Å². The summed E-state index contributed by atoms with van der Waals surface area (Å²) in [4.78, 5) is 21.9. The minimum atomic E-state index is -1.20. The molecule has 5 rings (SSSR count). The lowest BCUT2D eigenvalue weighted by molar-refractivity contribution is -0.160. The number of rotatable bonds is 7. The minimum Gasteiger partial charge on any atom is -0.479 e. The number of hydrogen-bond acceptors (Lipinski definition) is 5. The summed E-state index contributed by atoms with van der Waals surface area (Å²) < 4.78 is 48.8. The second-order valence-corrected chi connectivity index (χ2v) is 14.3. The van der Waals surface area contributed by atoms with Crippen molar-refractivity contribution in [2.24, 2.45) is 5.41 Å². The molecule has 1 fully saturated rings. The van der Waals surface area contributed by atoms with E-state index < -0.39 is 35.1 Å². The maximum atomic E-state index is 14.4. The van der Waals surface area contributed by atoms with Crippen molar-refractivity contribution < 1.29 is 27.8 Å². The molecule has 1 atom stereocenters. The van der Waals surface area contributed by atoms with Gasteiger partial charge in [-0.1, -0.05) is 32.0 Å². The van der Waals surface area contributed by atoms with Gasteiger partial charge in [0.25, 0.3) is 0 Å². The molecule has 242 valence electrons. The molecule has 0 unspecified atom stereocenters. The van der Waals surface area contributed by atoms with E-state index >= 15 is 0 Å². The zero-order valence-corrected chi connectivity index (χ0v) is 27.4. The van der Waals surface area contributed by atoms with Crippen molar-refractivity contribution in [1.29, 1.82) is 0 Å². The Bertz CT molecular complexity index is 1610. The van der Waals surface area contributed by atoms with Crippen LogP contribution in [-0.4, -0.2) is 46.2 Å². The van der Waals surface area contributed by atoms with Crippen molar-refractivity contribution in [3.63, 3.8) is 0 Å². The van der Waals surface area contributed by atoms with Gasteiger partial charge in [0.1, 0.15) is 5.82 Å². The molecule has 1 aromatic heterocycles. The monoisotopic (exact) mass is 623 g/mol. The van der Waals surface area contributed by atoms with Gasteiger partial charge in [0.05, 0.1) is 11.3 Å². The molecule has 3 heterocycles. The molecule has 6 nitrogen and oxygen atoms in total. The molecule has 9 heteroatoms. The summed E-state index contributed by atoms with van der Waals surface area (Å²) in [5.74, 6) is -4.00. The van der Waals surface area contributed by atoms with E-state index in [1.807, 2.05) is 51.7 Å². The maximum absolute atomic E-state index is 14.4. The van der Waals surface area contributed by atoms with Crippen molar-refractivity contribution in [2.45, 2.75) is 92.5 Å². The molecule has 0 bridgehead atoms. The Labute approximate surface area is 264 Å². The summed E-state index contributed by atoms with van der Waals surface area (Å²) in [7, 11) is 0. The number of aromatic nitrogens is 1. The van der Waals surface area contributed by atoms with E-state index in [2.05, 4.69) is 24.8 Å². The predicted molar refractivity (Wildman–Crippen MR) is 170 cm³/mol. The minimum absolute atomic E-state index is 0.0270. The summed E-state index contributed by atoms with van der Waals surface area (Å²) >= 11 is 0. The van der Waals surface area contributed by atoms with Gasteiger partial charge in [0.15, 0.2) is 17.7 Å². The summed E-state index contributed by atoms with van der Waals surface area (Å²) in [6.45, 7) is 16.5. The Balaban J connectivity index is 1.57. The Morgan fingerprint density at radius 2 is 1.67 bits per heavy atom. The van der Waals surface area contributed by atoms with Crippen molar-refractivity contribution >= 4 is 11.7 Å². The van der Waals surface area contributed by atoms with Crippen LogP contribution in [0.4, 0.5) is 18.9 Å². The van der Waals surface area contributed by atoms with Gasteiger partial charge in [0, 0.05) is 60.8 Å². The molecule has 3 aromatic rings. The first-order valence-corrected chi connectivity index (χ1v) is 15.7. The van der Waals surface area contributed by atoms with Crippen molar-refractivity contribution in [2.75, 3.05) is 24.5 Å². The van der Waals surface area contributed by atoms with E-state index in [1.54, 1.807) is 0 Å². The van der Waals surface area contributed by atoms with Gasteiger partial charge in [0.2, 0.25) is 0 Å². The van der Waals surface area contributed by atoms with Gasteiger partial charge >= 0.3 is 5.97 Å². The summed E-state index contributed by atoms with van der Waals surface area (Å²) in [5, 5.41) is 10.4. The second kappa shape index (κ2) is 12.4. The van der Waals surface area contributed by atoms with Crippen LogP contribution in [0.5, 0.6) is 0 Å². The fourth-order valence-electron chi connectivity index (χ4n) is 6.59. The Hall–Kier alpha value is -3.43. The topological polar surface area (TPSA) is 65.9 Å². The standard InChI is InChI=1S/C36H44F3N3O3/c1-21-29(24-8-9-25-19-41(15-12-23(25)18-24)20-26-27(37)10-11-28(38)31(26)39)32(42-16-13-36(6,7)14-17-42)30(22(2)40-21)33(34(43)44)45-35(3,4)5/h8-11,18,33H,12-17,19-20H2,1-7H3,(H,43,44)/t33-/m0/s1. The molecular weight excluding hydrogens is 579 g/mol. The third kappa shape index (κ3) is 7.04. The van der Waals surface area contributed by atoms with Crippen LogP contribution in [0.3, 0.4) is 0 Å². The quantitative estimate of drug-likeness (QED) is 0.270. The Morgan fingerprint density at radius 1 is 1.00 bits per heavy atom. The normalized spacial score (nSPS) is 17.7. The fourth-order valence-corrected chi connectivity index (χ4v) is 6.59. The first kappa shape index (κ1) is 32.9. The number of pyridine rings is 1. The van der Waals surface area contributed by atoms with E-state index in [1.165, 1.54) is 0 Å². The number of aryl methyl sites for hydroxylation is 2. The van der Waals surface area contributed by atoms with Gasteiger partial charge in [-0.15, -0.1) is 0 Å². The first-order valence-electron chi connectivity index (χ1n) is 15.7. The average molecular weight is 624 g/mol. The van der Waals surface area contributed by atoms with Crippen molar-refractivity contribution in [1.82, 2.24) is 9.88 Å². The third-order valence-electron chi connectivity index (χ3n) is 9.08. The number of carboxylic acid groups (broad SMARTS) is 1. The van der Waals surface area contributed by atoms with Crippen LogP contribution in [-0.2, 0) is 29.0 Å². The predicted octanol–water partition coefficient (Wildman–Crippen LogP) is 7.91. The van der Waals surface area contributed by atoms with Crippen LogP contribution >= 0.6 is 0 Å². The number of halogens is 3. The van der Waals surface area contributed by atoms with Crippen molar-refractivity contribution in [3.05, 3.63) is 81.4 Å². The number of carboxylic acids is 1. The molecular formula is C36H44F3N3O3. The number of ether oxygens (including phenoxy) is 1. The summed E-state index contributed by atoms with van der Waals surface area (Å²) in [5.41, 5.74) is 6.10. The fraction of sp³-hybridized carbons (Fsp3) is 0.500. The van der Waals surface area contributed by atoms with Crippen LogP contribution in [0.1, 0.15) is 87.2 Å². The molecule has 0 spiro atoms. The van der Waals surface area contributed by atoms with Gasteiger partial charge in [-0.05, 0) is 88.1 Å². The Morgan fingerprint density at radius 3 is 2.31 bits per heavy atom. The summed E-state index contributed by atoms with van der Waals surface area (Å²) in [6, 6.07) is 7.95. The lowest BCUT2D eigenvalue weighted by Gasteiger charge is -2.41. The highest BCUT2D eigenvalue weighted by atomic mass is 19.2. The van der Waals surface area contributed by atoms with E-state index in [0.29, 0.717) is 30.8 Å². The molecule has 2 aliphatic heterocycles. The zero-order chi connectivity index (χ0) is 32.8. The molecule has 1 saturated heterocycles. The number of fused-ring (bicyclic) bond motifs is 1. The number of nitrogens with zero attached hydrogens (tertiary/aromatic N) is 3. The molecule has 1 N–H and O–H groups in total.